The summed E-state index contributed by atoms with van der Waals surface area (Å²) >= 11 is 0. The molecule has 1 aliphatic heterocycles. The average Bonchev–Trinajstić information content (AvgIpc) is 2.45. The molecule has 0 aromatic heterocycles. The molecule has 1 amide bonds. The van der Waals surface area contributed by atoms with Crippen LogP contribution in [0, 0.1) is 0 Å². The second-order valence-electron chi connectivity index (χ2n) is 4.67. The minimum atomic E-state index is 0. The minimum Gasteiger partial charge on any atom is -0.497 e. The topological polar surface area (TPSA) is 50.8 Å². The van der Waals surface area contributed by atoms with Crippen molar-refractivity contribution in [2.24, 2.45) is 0 Å². The first-order chi connectivity index (χ1) is 9.15. The van der Waals surface area contributed by atoms with Gasteiger partial charge < -0.3 is 19.7 Å². The third-order valence-corrected chi connectivity index (χ3v) is 3.30. The van der Waals surface area contributed by atoms with Crippen molar-refractivity contribution in [1.82, 2.24) is 10.2 Å². The van der Waals surface area contributed by atoms with E-state index >= 15 is 0 Å². The number of amides is 1. The number of benzene rings is 1. The van der Waals surface area contributed by atoms with E-state index in [0.29, 0.717) is 29.6 Å². The van der Waals surface area contributed by atoms with Gasteiger partial charge in [-0.3, -0.25) is 4.79 Å². The molecule has 112 valence electrons. The molecule has 0 radical (unpaired) electrons. The molecule has 1 aromatic carbocycles. The summed E-state index contributed by atoms with van der Waals surface area (Å²) in [5, 5.41) is 3.32. The van der Waals surface area contributed by atoms with Gasteiger partial charge in [0.2, 0.25) is 0 Å². The maximum Gasteiger partial charge on any atom is 0.257 e. The smallest absolute Gasteiger partial charge is 0.257 e. The van der Waals surface area contributed by atoms with Crippen LogP contribution in [0.3, 0.4) is 0 Å². The Hall–Kier alpha value is -1.46. The molecular weight excluding hydrogens is 280 g/mol. The predicted molar refractivity (Wildman–Crippen MR) is 80.2 cm³/mol. The van der Waals surface area contributed by atoms with Gasteiger partial charge in [-0.2, -0.15) is 0 Å². The number of ether oxygens (including phenoxy) is 2. The van der Waals surface area contributed by atoms with Crippen LogP contribution in [-0.2, 0) is 0 Å². The summed E-state index contributed by atoms with van der Waals surface area (Å²) in [6.45, 7) is 4.34. The zero-order valence-corrected chi connectivity index (χ0v) is 12.8. The number of methoxy groups -OCH3 is 2. The van der Waals surface area contributed by atoms with Crippen LogP contribution < -0.4 is 14.8 Å². The molecule has 0 aliphatic carbocycles. The quantitative estimate of drug-likeness (QED) is 0.920. The summed E-state index contributed by atoms with van der Waals surface area (Å²) in [6.07, 6.45) is 0. The number of piperazine rings is 1. The van der Waals surface area contributed by atoms with E-state index in [-0.39, 0.29) is 18.3 Å². The summed E-state index contributed by atoms with van der Waals surface area (Å²) in [6, 6.07) is 5.59. The maximum atomic E-state index is 12.5. The summed E-state index contributed by atoms with van der Waals surface area (Å²) in [5.41, 5.74) is 0.581. The van der Waals surface area contributed by atoms with Gasteiger partial charge in [0.25, 0.3) is 5.91 Å². The van der Waals surface area contributed by atoms with Crippen LogP contribution in [-0.4, -0.2) is 50.7 Å². The third kappa shape index (κ3) is 3.55. The predicted octanol–water partition coefficient (Wildman–Crippen LogP) is 1.56. The number of halogens is 1. The van der Waals surface area contributed by atoms with Crippen molar-refractivity contribution in [3.8, 4) is 11.5 Å². The van der Waals surface area contributed by atoms with Gasteiger partial charge in [0.05, 0.1) is 19.8 Å². The molecule has 0 spiro atoms. The minimum absolute atomic E-state index is 0. The van der Waals surface area contributed by atoms with Crippen LogP contribution in [0.1, 0.15) is 17.3 Å². The van der Waals surface area contributed by atoms with E-state index < -0.39 is 0 Å². The Bertz CT molecular complexity index is 468. The highest BCUT2D eigenvalue weighted by Crippen LogP contribution is 2.26. The van der Waals surface area contributed by atoms with E-state index in [0.717, 1.165) is 13.1 Å². The first kappa shape index (κ1) is 16.6. The first-order valence-corrected chi connectivity index (χ1v) is 6.40. The zero-order chi connectivity index (χ0) is 13.8. The second-order valence-corrected chi connectivity index (χ2v) is 4.67. The van der Waals surface area contributed by atoms with Crippen molar-refractivity contribution < 1.29 is 14.3 Å². The number of carbonyl (C=O) groups is 1. The monoisotopic (exact) mass is 300 g/mol. The van der Waals surface area contributed by atoms with Gasteiger partial charge in [0, 0.05) is 31.7 Å². The number of hydrogen-bond donors (Lipinski definition) is 1. The average molecular weight is 301 g/mol. The fourth-order valence-electron chi connectivity index (χ4n) is 2.26. The van der Waals surface area contributed by atoms with Gasteiger partial charge in [-0.1, -0.05) is 0 Å². The summed E-state index contributed by atoms with van der Waals surface area (Å²) in [7, 11) is 3.15. The van der Waals surface area contributed by atoms with Gasteiger partial charge in [-0.25, -0.2) is 0 Å². The molecule has 0 unspecified atom stereocenters. The van der Waals surface area contributed by atoms with Crippen molar-refractivity contribution in [2.75, 3.05) is 33.9 Å². The zero-order valence-electron chi connectivity index (χ0n) is 12.0. The first-order valence-electron chi connectivity index (χ1n) is 6.40. The summed E-state index contributed by atoms with van der Waals surface area (Å²) in [5.74, 6) is 1.24. The van der Waals surface area contributed by atoms with Gasteiger partial charge in [-0.15, -0.1) is 12.4 Å². The molecule has 1 saturated heterocycles. The molecule has 1 aromatic rings. The van der Waals surface area contributed by atoms with Crippen molar-refractivity contribution in [3.63, 3.8) is 0 Å². The van der Waals surface area contributed by atoms with Gasteiger partial charge in [-0.05, 0) is 19.1 Å². The van der Waals surface area contributed by atoms with Crippen molar-refractivity contribution in [1.29, 1.82) is 0 Å². The molecular formula is C14H21ClN2O3. The van der Waals surface area contributed by atoms with Gasteiger partial charge >= 0.3 is 0 Å². The highest BCUT2D eigenvalue weighted by atomic mass is 35.5. The van der Waals surface area contributed by atoms with E-state index in [1.54, 1.807) is 32.4 Å². The molecule has 6 heteroatoms. The van der Waals surface area contributed by atoms with Crippen molar-refractivity contribution in [2.45, 2.75) is 13.0 Å². The highest BCUT2D eigenvalue weighted by molar-refractivity contribution is 5.97. The van der Waals surface area contributed by atoms with Crippen LogP contribution in [0.5, 0.6) is 11.5 Å². The number of nitrogens with zero attached hydrogens (tertiary/aromatic N) is 1. The van der Waals surface area contributed by atoms with E-state index in [2.05, 4.69) is 12.2 Å². The fraction of sp³-hybridized carbons (Fsp3) is 0.500. The summed E-state index contributed by atoms with van der Waals surface area (Å²) < 4.78 is 10.4. The number of nitrogens with one attached hydrogen (secondary N) is 1. The molecule has 1 heterocycles. The van der Waals surface area contributed by atoms with Crippen LogP contribution in [0.4, 0.5) is 0 Å². The second kappa shape index (κ2) is 7.36. The van der Waals surface area contributed by atoms with Crippen LogP contribution >= 0.6 is 12.4 Å². The lowest BCUT2D eigenvalue weighted by molar-refractivity contribution is 0.0705. The lowest BCUT2D eigenvalue weighted by Crippen LogP contribution is -2.51. The maximum absolute atomic E-state index is 12.5. The van der Waals surface area contributed by atoms with Gasteiger partial charge in [0.15, 0.2) is 0 Å². The lowest BCUT2D eigenvalue weighted by atomic mass is 10.1. The Labute approximate surface area is 125 Å². The van der Waals surface area contributed by atoms with Crippen LogP contribution in [0.15, 0.2) is 18.2 Å². The normalized spacial score (nSPS) is 18.1. The molecule has 0 saturated carbocycles. The third-order valence-electron chi connectivity index (χ3n) is 3.30. The Balaban J connectivity index is 0.00000200. The molecule has 1 atom stereocenters. The standard InChI is InChI=1S/C14H20N2O3.ClH/c1-10-9-16(7-6-15-10)14(17)12-5-4-11(18-2)8-13(12)19-3;/h4-5,8,10,15H,6-7,9H2,1-3H3;1H/t10-;/m0./s1. The molecule has 5 nitrogen and oxygen atoms in total. The van der Waals surface area contributed by atoms with Gasteiger partial charge in [0.1, 0.15) is 11.5 Å². The van der Waals surface area contributed by atoms with Crippen molar-refractivity contribution >= 4 is 18.3 Å². The molecule has 0 bridgehead atoms. The molecule has 2 rings (SSSR count). The lowest BCUT2D eigenvalue weighted by Gasteiger charge is -2.32. The van der Waals surface area contributed by atoms with E-state index in [9.17, 15) is 4.79 Å². The Morgan fingerprint density at radius 3 is 2.70 bits per heavy atom. The number of carbonyl (C=O) groups excluding carboxylic acids is 1. The molecule has 1 fully saturated rings. The largest absolute Gasteiger partial charge is 0.497 e. The Morgan fingerprint density at radius 1 is 1.35 bits per heavy atom. The van der Waals surface area contributed by atoms with E-state index in [1.807, 2.05) is 4.90 Å². The van der Waals surface area contributed by atoms with Crippen LogP contribution in [0.25, 0.3) is 0 Å². The summed E-state index contributed by atoms with van der Waals surface area (Å²) in [4.78, 5) is 14.4. The van der Waals surface area contributed by atoms with E-state index in [1.165, 1.54) is 0 Å². The SMILES string of the molecule is COc1ccc(C(=O)N2CCN[C@@H](C)C2)c(OC)c1.Cl. The Morgan fingerprint density at radius 2 is 2.10 bits per heavy atom. The Kier molecular flexibility index (Phi) is 6.10. The number of rotatable bonds is 3. The van der Waals surface area contributed by atoms with Crippen LogP contribution in [0.2, 0.25) is 0 Å². The fourth-order valence-corrected chi connectivity index (χ4v) is 2.26. The van der Waals surface area contributed by atoms with E-state index in [4.69, 9.17) is 9.47 Å². The van der Waals surface area contributed by atoms with Crippen molar-refractivity contribution in [3.05, 3.63) is 23.8 Å². The molecule has 1 N–H and O–H groups in total. The highest BCUT2D eigenvalue weighted by Gasteiger charge is 2.24. The molecule has 1 aliphatic rings. The number of hydrogen-bond acceptors (Lipinski definition) is 4. The molecule has 20 heavy (non-hydrogen) atoms.